The highest BCUT2D eigenvalue weighted by molar-refractivity contribution is 9.10. The number of amides is 3. The molecule has 25 heavy (non-hydrogen) atoms. The lowest BCUT2D eigenvalue weighted by atomic mass is 10.2. The SMILES string of the molecule is O=C(NCC#Cc1ccc(N2CCNC2=O)cc1)c1ccccc1Br. The zero-order valence-electron chi connectivity index (χ0n) is 13.4. The molecular weight excluding hydrogens is 382 g/mol. The highest BCUT2D eigenvalue weighted by atomic mass is 79.9. The molecule has 1 heterocycles. The second-order valence-electron chi connectivity index (χ2n) is 5.39. The van der Waals surface area contributed by atoms with Gasteiger partial charge < -0.3 is 10.6 Å². The van der Waals surface area contributed by atoms with Crippen molar-refractivity contribution >= 4 is 33.6 Å². The number of rotatable bonds is 3. The van der Waals surface area contributed by atoms with Gasteiger partial charge in [0.05, 0.1) is 12.1 Å². The van der Waals surface area contributed by atoms with Crippen LogP contribution in [-0.4, -0.2) is 31.6 Å². The lowest BCUT2D eigenvalue weighted by Crippen LogP contribution is -2.27. The molecule has 0 aromatic heterocycles. The Hall–Kier alpha value is -2.78. The van der Waals surface area contributed by atoms with Crippen LogP contribution in [0.1, 0.15) is 15.9 Å². The minimum atomic E-state index is -0.169. The summed E-state index contributed by atoms with van der Waals surface area (Å²) < 4.78 is 0.752. The maximum absolute atomic E-state index is 12.0. The molecule has 0 radical (unpaired) electrons. The van der Waals surface area contributed by atoms with Gasteiger partial charge in [0.1, 0.15) is 0 Å². The van der Waals surface area contributed by atoms with Gasteiger partial charge in [0, 0.05) is 28.8 Å². The topological polar surface area (TPSA) is 61.4 Å². The summed E-state index contributed by atoms with van der Waals surface area (Å²) in [6.45, 7) is 1.60. The van der Waals surface area contributed by atoms with E-state index in [1.54, 1.807) is 11.0 Å². The van der Waals surface area contributed by atoms with Gasteiger partial charge in [-0.3, -0.25) is 9.69 Å². The molecule has 126 valence electrons. The second-order valence-corrected chi connectivity index (χ2v) is 6.25. The first kappa shape index (κ1) is 17.1. The van der Waals surface area contributed by atoms with Gasteiger partial charge in [-0.2, -0.15) is 0 Å². The van der Waals surface area contributed by atoms with Crippen LogP contribution in [0.15, 0.2) is 53.0 Å². The molecule has 2 N–H and O–H groups in total. The van der Waals surface area contributed by atoms with Crippen LogP contribution < -0.4 is 15.5 Å². The van der Waals surface area contributed by atoms with Crippen LogP contribution in [0, 0.1) is 11.8 Å². The summed E-state index contributed by atoms with van der Waals surface area (Å²) in [6.07, 6.45) is 0. The van der Waals surface area contributed by atoms with E-state index in [9.17, 15) is 9.59 Å². The van der Waals surface area contributed by atoms with Crippen molar-refractivity contribution in [2.24, 2.45) is 0 Å². The standard InChI is InChI=1S/C19H16BrN3O2/c20-17-6-2-1-5-16(17)18(24)21-11-3-4-14-7-9-15(10-8-14)23-13-12-22-19(23)25/h1-2,5-10H,11-13H2,(H,21,24)(H,22,25). The van der Waals surface area contributed by atoms with E-state index in [4.69, 9.17) is 0 Å². The van der Waals surface area contributed by atoms with E-state index in [1.807, 2.05) is 42.5 Å². The summed E-state index contributed by atoms with van der Waals surface area (Å²) in [6, 6.07) is 14.6. The molecule has 0 saturated carbocycles. The van der Waals surface area contributed by atoms with Crippen molar-refractivity contribution in [1.82, 2.24) is 10.6 Å². The smallest absolute Gasteiger partial charge is 0.321 e. The molecule has 0 aliphatic carbocycles. The number of carbonyl (C=O) groups is 2. The third-order valence-corrected chi connectivity index (χ3v) is 4.42. The Kier molecular flexibility index (Phi) is 5.36. The molecule has 1 saturated heterocycles. The van der Waals surface area contributed by atoms with Crippen molar-refractivity contribution in [1.29, 1.82) is 0 Å². The molecule has 2 aromatic rings. The molecule has 2 aromatic carbocycles. The van der Waals surface area contributed by atoms with Crippen molar-refractivity contribution in [3.63, 3.8) is 0 Å². The molecule has 1 fully saturated rings. The van der Waals surface area contributed by atoms with Gasteiger partial charge in [-0.05, 0) is 52.3 Å². The van der Waals surface area contributed by atoms with Crippen LogP contribution in [0.2, 0.25) is 0 Å². The van der Waals surface area contributed by atoms with Crippen molar-refractivity contribution < 1.29 is 9.59 Å². The number of nitrogens with one attached hydrogen (secondary N) is 2. The first-order valence-corrected chi connectivity index (χ1v) is 8.61. The zero-order chi connectivity index (χ0) is 17.6. The minimum Gasteiger partial charge on any atom is -0.341 e. The molecule has 3 amide bonds. The van der Waals surface area contributed by atoms with Gasteiger partial charge >= 0.3 is 6.03 Å². The summed E-state index contributed by atoms with van der Waals surface area (Å²) in [5, 5.41) is 5.54. The van der Waals surface area contributed by atoms with Crippen molar-refractivity contribution in [3.8, 4) is 11.8 Å². The quantitative estimate of drug-likeness (QED) is 0.782. The van der Waals surface area contributed by atoms with Gasteiger partial charge in [-0.25, -0.2) is 4.79 Å². The lowest BCUT2D eigenvalue weighted by molar-refractivity contribution is 0.0958. The number of halogens is 1. The zero-order valence-corrected chi connectivity index (χ0v) is 15.0. The molecule has 0 spiro atoms. The van der Waals surface area contributed by atoms with Crippen LogP contribution in [0.3, 0.4) is 0 Å². The third kappa shape index (κ3) is 4.20. The van der Waals surface area contributed by atoms with Crippen LogP contribution >= 0.6 is 15.9 Å². The molecule has 6 heteroatoms. The fourth-order valence-corrected chi connectivity index (χ4v) is 2.92. The molecule has 0 bridgehead atoms. The monoisotopic (exact) mass is 397 g/mol. The third-order valence-electron chi connectivity index (χ3n) is 3.72. The second kappa shape index (κ2) is 7.86. The normalized spacial score (nSPS) is 13.0. The number of nitrogens with zero attached hydrogens (tertiary/aromatic N) is 1. The fourth-order valence-electron chi connectivity index (χ4n) is 2.45. The van der Waals surface area contributed by atoms with Crippen LogP contribution in [0.25, 0.3) is 0 Å². The largest absolute Gasteiger partial charge is 0.341 e. The Morgan fingerprint density at radius 3 is 2.64 bits per heavy atom. The van der Waals surface area contributed by atoms with E-state index in [-0.39, 0.29) is 18.5 Å². The molecule has 5 nitrogen and oxygen atoms in total. The molecule has 0 atom stereocenters. The van der Waals surface area contributed by atoms with E-state index in [0.29, 0.717) is 18.7 Å². The fraction of sp³-hybridized carbons (Fsp3) is 0.158. The molecular formula is C19H16BrN3O2. The number of hydrogen-bond acceptors (Lipinski definition) is 2. The molecule has 1 aliphatic heterocycles. The molecule has 1 aliphatic rings. The predicted molar refractivity (Wildman–Crippen MR) is 101 cm³/mol. The van der Waals surface area contributed by atoms with Gasteiger partial charge in [-0.15, -0.1) is 0 Å². The summed E-state index contributed by atoms with van der Waals surface area (Å²) in [4.78, 5) is 25.4. The van der Waals surface area contributed by atoms with Gasteiger partial charge in [0.2, 0.25) is 0 Å². The van der Waals surface area contributed by atoms with E-state index in [2.05, 4.69) is 38.4 Å². The van der Waals surface area contributed by atoms with E-state index in [1.165, 1.54) is 0 Å². The maximum atomic E-state index is 12.0. The number of hydrogen-bond donors (Lipinski definition) is 2. The van der Waals surface area contributed by atoms with Gasteiger partial charge in [0.25, 0.3) is 5.91 Å². The lowest BCUT2D eigenvalue weighted by Gasteiger charge is -2.13. The predicted octanol–water partition coefficient (Wildman–Crippen LogP) is 2.76. The van der Waals surface area contributed by atoms with E-state index >= 15 is 0 Å². The number of anilines is 1. The summed E-state index contributed by atoms with van der Waals surface area (Å²) in [7, 11) is 0. The average Bonchev–Trinajstić information content (AvgIpc) is 3.05. The van der Waals surface area contributed by atoms with E-state index in [0.717, 1.165) is 15.7 Å². The molecule has 0 unspecified atom stereocenters. The first-order valence-electron chi connectivity index (χ1n) is 7.82. The van der Waals surface area contributed by atoms with Crippen LogP contribution in [0.4, 0.5) is 10.5 Å². The Morgan fingerprint density at radius 1 is 1.20 bits per heavy atom. The minimum absolute atomic E-state index is 0.0754. The number of carbonyl (C=O) groups excluding carboxylic acids is 2. The number of urea groups is 1. The van der Waals surface area contributed by atoms with Crippen LogP contribution in [-0.2, 0) is 0 Å². The van der Waals surface area contributed by atoms with Gasteiger partial charge in [-0.1, -0.05) is 24.0 Å². The summed E-state index contributed by atoms with van der Waals surface area (Å²) in [5.74, 6) is 5.76. The molecule has 3 rings (SSSR count). The number of benzene rings is 2. The Morgan fingerprint density at radius 2 is 1.96 bits per heavy atom. The Balaban J connectivity index is 1.56. The maximum Gasteiger partial charge on any atom is 0.321 e. The van der Waals surface area contributed by atoms with E-state index < -0.39 is 0 Å². The highest BCUT2D eigenvalue weighted by Crippen LogP contribution is 2.17. The van der Waals surface area contributed by atoms with Crippen molar-refractivity contribution in [3.05, 3.63) is 64.1 Å². The van der Waals surface area contributed by atoms with Crippen molar-refractivity contribution in [2.45, 2.75) is 0 Å². The van der Waals surface area contributed by atoms with Gasteiger partial charge in [0.15, 0.2) is 0 Å². The Labute approximate surface area is 154 Å². The summed E-state index contributed by atoms with van der Waals surface area (Å²) >= 11 is 3.35. The highest BCUT2D eigenvalue weighted by Gasteiger charge is 2.20. The van der Waals surface area contributed by atoms with Crippen LogP contribution in [0.5, 0.6) is 0 Å². The Bertz CT molecular complexity index is 853. The van der Waals surface area contributed by atoms with Crippen molar-refractivity contribution in [2.75, 3.05) is 24.5 Å². The summed E-state index contributed by atoms with van der Waals surface area (Å²) in [5.41, 5.74) is 2.26. The average molecular weight is 398 g/mol. The first-order chi connectivity index (χ1) is 12.1.